The van der Waals surface area contributed by atoms with Crippen LogP contribution in [0.4, 0.5) is 0 Å². The average Bonchev–Trinajstić information content (AvgIpc) is 2.23. The molecule has 0 saturated carbocycles. The van der Waals surface area contributed by atoms with Crippen molar-refractivity contribution >= 4 is 11.9 Å². The second-order valence-corrected chi connectivity index (χ2v) is 2.65. The van der Waals surface area contributed by atoms with Gasteiger partial charge in [-0.3, -0.25) is 4.79 Å². The van der Waals surface area contributed by atoms with Crippen molar-refractivity contribution in [1.82, 2.24) is 0 Å². The van der Waals surface area contributed by atoms with Crippen molar-refractivity contribution in [3.63, 3.8) is 0 Å². The van der Waals surface area contributed by atoms with E-state index >= 15 is 0 Å². The molecule has 0 spiro atoms. The van der Waals surface area contributed by atoms with E-state index in [1.807, 2.05) is 0 Å². The van der Waals surface area contributed by atoms with Gasteiger partial charge >= 0.3 is 11.9 Å². The zero-order valence-corrected chi connectivity index (χ0v) is 9.02. The van der Waals surface area contributed by atoms with Crippen molar-refractivity contribution in [2.24, 2.45) is 0 Å². The van der Waals surface area contributed by atoms with Crippen molar-refractivity contribution in [2.45, 2.75) is 26.6 Å². The van der Waals surface area contributed by atoms with Gasteiger partial charge in [0.05, 0.1) is 6.61 Å². The highest BCUT2D eigenvalue weighted by Gasteiger charge is 2.06. The molecule has 0 fully saturated rings. The van der Waals surface area contributed by atoms with Crippen molar-refractivity contribution in [3.05, 3.63) is 12.7 Å². The van der Waals surface area contributed by atoms with Crippen molar-refractivity contribution in [3.8, 4) is 0 Å². The van der Waals surface area contributed by atoms with Gasteiger partial charge in [-0.2, -0.15) is 0 Å². The standard InChI is InChI=1S/C10H16O5/c1-4-9(11)14-7-6-13-8(3)15-10(12)5-2/h5,8H,2,4,6-7H2,1,3H3. The molecule has 0 aliphatic heterocycles. The van der Waals surface area contributed by atoms with E-state index < -0.39 is 12.3 Å². The molecule has 0 aromatic rings. The predicted octanol–water partition coefficient (Wildman–Crippen LogP) is 1.03. The summed E-state index contributed by atoms with van der Waals surface area (Å²) < 4.78 is 14.5. The molecule has 0 aromatic heterocycles. The van der Waals surface area contributed by atoms with Gasteiger partial charge in [0.1, 0.15) is 6.61 Å². The summed E-state index contributed by atoms with van der Waals surface area (Å²) in [5.41, 5.74) is 0. The highest BCUT2D eigenvalue weighted by atomic mass is 16.7. The first-order valence-corrected chi connectivity index (χ1v) is 4.70. The third kappa shape index (κ3) is 7.69. The largest absolute Gasteiger partial charge is 0.463 e. The summed E-state index contributed by atoms with van der Waals surface area (Å²) in [6, 6.07) is 0. The fourth-order valence-electron chi connectivity index (χ4n) is 0.717. The Morgan fingerprint density at radius 1 is 1.40 bits per heavy atom. The first-order chi connectivity index (χ1) is 7.10. The van der Waals surface area contributed by atoms with Crippen LogP contribution in [0.25, 0.3) is 0 Å². The molecule has 0 amide bonds. The molecule has 1 atom stereocenters. The van der Waals surface area contributed by atoms with Crippen LogP contribution >= 0.6 is 0 Å². The van der Waals surface area contributed by atoms with Crippen LogP contribution in [-0.4, -0.2) is 31.4 Å². The molecule has 0 aliphatic rings. The summed E-state index contributed by atoms with van der Waals surface area (Å²) in [7, 11) is 0. The summed E-state index contributed by atoms with van der Waals surface area (Å²) in [6.07, 6.45) is 0.716. The minimum atomic E-state index is -0.671. The zero-order chi connectivity index (χ0) is 11.7. The number of esters is 2. The fourth-order valence-corrected chi connectivity index (χ4v) is 0.717. The lowest BCUT2D eigenvalue weighted by Gasteiger charge is -2.12. The third-order valence-corrected chi connectivity index (χ3v) is 1.44. The SMILES string of the molecule is C=CC(=O)OC(C)OCCOC(=O)CC. The van der Waals surface area contributed by atoms with E-state index in [1.54, 1.807) is 13.8 Å². The summed E-state index contributed by atoms with van der Waals surface area (Å²) >= 11 is 0. The molecule has 0 bridgehead atoms. The number of hydrogen-bond acceptors (Lipinski definition) is 5. The molecule has 0 rings (SSSR count). The van der Waals surface area contributed by atoms with E-state index in [0.717, 1.165) is 6.08 Å². The predicted molar refractivity (Wildman–Crippen MR) is 53.0 cm³/mol. The van der Waals surface area contributed by atoms with Gasteiger partial charge in [0.25, 0.3) is 0 Å². The van der Waals surface area contributed by atoms with Crippen LogP contribution in [0, 0.1) is 0 Å². The summed E-state index contributed by atoms with van der Waals surface area (Å²) in [5, 5.41) is 0. The molecular weight excluding hydrogens is 200 g/mol. The van der Waals surface area contributed by atoms with Gasteiger partial charge in [-0.15, -0.1) is 0 Å². The Labute approximate surface area is 89.0 Å². The molecule has 1 unspecified atom stereocenters. The molecule has 0 saturated heterocycles. The molecule has 0 radical (unpaired) electrons. The molecular formula is C10H16O5. The Bertz CT molecular complexity index is 224. The highest BCUT2D eigenvalue weighted by Crippen LogP contribution is 1.95. The van der Waals surface area contributed by atoms with Crippen LogP contribution < -0.4 is 0 Å². The monoisotopic (exact) mass is 216 g/mol. The molecule has 15 heavy (non-hydrogen) atoms. The van der Waals surface area contributed by atoms with Crippen molar-refractivity contribution < 1.29 is 23.8 Å². The Hall–Kier alpha value is -1.36. The van der Waals surface area contributed by atoms with Crippen molar-refractivity contribution in [1.29, 1.82) is 0 Å². The van der Waals surface area contributed by atoms with E-state index in [4.69, 9.17) is 14.2 Å². The van der Waals surface area contributed by atoms with Gasteiger partial charge in [0.2, 0.25) is 6.29 Å². The summed E-state index contributed by atoms with van der Waals surface area (Å²) in [6.45, 7) is 6.87. The van der Waals surface area contributed by atoms with Gasteiger partial charge in [0.15, 0.2) is 0 Å². The second-order valence-electron chi connectivity index (χ2n) is 2.65. The van der Waals surface area contributed by atoms with Gasteiger partial charge in [-0.05, 0) is 6.92 Å². The Morgan fingerprint density at radius 3 is 2.60 bits per heavy atom. The first-order valence-electron chi connectivity index (χ1n) is 4.70. The second kappa shape index (κ2) is 7.99. The molecule has 0 N–H and O–H groups in total. The van der Waals surface area contributed by atoms with Crippen molar-refractivity contribution in [2.75, 3.05) is 13.2 Å². The van der Waals surface area contributed by atoms with E-state index in [1.165, 1.54) is 0 Å². The van der Waals surface area contributed by atoms with Gasteiger partial charge in [-0.25, -0.2) is 4.79 Å². The fraction of sp³-hybridized carbons (Fsp3) is 0.600. The van der Waals surface area contributed by atoms with Crippen LogP contribution in [0.2, 0.25) is 0 Å². The number of hydrogen-bond donors (Lipinski definition) is 0. The average molecular weight is 216 g/mol. The number of ether oxygens (including phenoxy) is 3. The van der Waals surface area contributed by atoms with Gasteiger partial charge in [0, 0.05) is 12.5 Å². The molecule has 5 nitrogen and oxygen atoms in total. The topological polar surface area (TPSA) is 61.8 Å². The number of carbonyl (C=O) groups excluding carboxylic acids is 2. The third-order valence-electron chi connectivity index (χ3n) is 1.44. The highest BCUT2D eigenvalue weighted by molar-refractivity contribution is 5.81. The maximum Gasteiger partial charge on any atom is 0.332 e. The zero-order valence-electron chi connectivity index (χ0n) is 9.02. The van der Waals surface area contributed by atoms with Crippen LogP contribution in [0.3, 0.4) is 0 Å². The Kier molecular flexibility index (Phi) is 7.27. The first kappa shape index (κ1) is 13.6. The smallest absolute Gasteiger partial charge is 0.332 e. The maximum atomic E-state index is 10.7. The van der Waals surface area contributed by atoms with Gasteiger partial charge in [-0.1, -0.05) is 13.5 Å². The van der Waals surface area contributed by atoms with Crippen LogP contribution in [0.5, 0.6) is 0 Å². The lowest BCUT2D eigenvalue weighted by Crippen LogP contribution is -2.19. The minimum Gasteiger partial charge on any atom is -0.463 e. The van der Waals surface area contributed by atoms with Gasteiger partial charge < -0.3 is 14.2 Å². The van der Waals surface area contributed by atoms with E-state index in [9.17, 15) is 9.59 Å². The summed E-state index contributed by atoms with van der Waals surface area (Å²) in [5.74, 6) is -0.831. The molecule has 0 heterocycles. The van der Waals surface area contributed by atoms with E-state index in [0.29, 0.717) is 6.42 Å². The molecule has 0 aliphatic carbocycles. The maximum absolute atomic E-state index is 10.7. The van der Waals surface area contributed by atoms with Crippen LogP contribution in [0.1, 0.15) is 20.3 Å². The van der Waals surface area contributed by atoms with E-state index in [2.05, 4.69) is 6.58 Å². The molecule has 0 aromatic carbocycles. The lowest BCUT2D eigenvalue weighted by atomic mass is 10.5. The minimum absolute atomic E-state index is 0.155. The van der Waals surface area contributed by atoms with E-state index in [-0.39, 0.29) is 19.2 Å². The quantitative estimate of drug-likeness (QED) is 0.275. The summed E-state index contributed by atoms with van der Waals surface area (Å²) in [4.78, 5) is 21.4. The lowest BCUT2D eigenvalue weighted by molar-refractivity contribution is -0.173. The number of rotatable bonds is 7. The van der Waals surface area contributed by atoms with Crippen LogP contribution in [-0.2, 0) is 23.8 Å². The van der Waals surface area contributed by atoms with Crippen LogP contribution in [0.15, 0.2) is 12.7 Å². The molecule has 86 valence electrons. The Morgan fingerprint density at radius 2 is 2.07 bits per heavy atom. The normalized spacial score (nSPS) is 11.6. The Balaban J connectivity index is 3.46. The molecule has 5 heteroatoms. The number of carbonyl (C=O) groups is 2.